The van der Waals surface area contributed by atoms with Gasteiger partial charge in [0, 0.05) is 0 Å². The Labute approximate surface area is 109 Å². The van der Waals surface area contributed by atoms with Crippen LogP contribution in [-0.4, -0.2) is 22.7 Å². The molecule has 4 nitrogen and oxygen atoms in total. The molecule has 1 aromatic carbocycles. The van der Waals surface area contributed by atoms with Gasteiger partial charge in [-0.2, -0.15) is 0 Å². The van der Waals surface area contributed by atoms with E-state index in [1.165, 1.54) is 0 Å². The van der Waals surface area contributed by atoms with Crippen LogP contribution in [0.1, 0.15) is 30.5 Å². The minimum Gasteiger partial charge on any atom is -0.464 e. The highest BCUT2D eigenvalue weighted by Gasteiger charge is 2.19. The first-order chi connectivity index (χ1) is 8.65. The molecule has 1 heterocycles. The van der Waals surface area contributed by atoms with Crippen molar-refractivity contribution in [3.63, 3.8) is 0 Å². The van der Waals surface area contributed by atoms with Gasteiger partial charge in [0.2, 0.25) is 0 Å². The fraction of sp³-hybridized carbons (Fsp3) is 0.385. The van der Waals surface area contributed by atoms with Crippen molar-refractivity contribution in [1.29, 1.82) is 0 Å². The number of esters is 1. The Hall–Kier alpha value is -1.46. The monoisotopic (exact) mass is 265 g/mol. The smallest absolute Gasteiger partial charge is 0.339 e. The van der Waals surface area contributed by atoms with E-state index in [0.717, 1.165) is 21.6 Å². The van der Waals surface area contributed by atoms with Gasteiger partial charge in [0.05, 0.1) is 21.8 Å². The summed E-state index contributed by atoms with van der Waals surface area (Å²) in [5.74, 6) is -0.614. The zero-order valence-corrected chi connectivity index (χ0v) is 11.2. The summed E-state index contributed by atoms with van der Waals surface area (Å²) >= 11 is 1.58. The second-order valence-corrected chi connectivity index (χ2v) is 4.96. The summed E-state index contributed by atoms with van der Waals surface area (Å²) in [6.45, 7) is 4.02. The number of aliphatic hydroxyl groups excluding tert-OH is 1. The number of rotatable bonds is 4. The van der Waals surface area contributed by atoms with E-state index in [0.29, 0.717) is 5.56 Å². The van der Waals surface area contributed by atoms with Crippen LogP contribution in [-0.2, 0) is 16.0 Å². The zero-order valence-electron chi connectivity index (χ0n) is 10.3. The van der Waals surface area contributed by atoms with Crippen LogP contribution in [0.4, 0.5) is 0 Å². The third-order valence-corrected chi connectivity index (χ3v) is 3.75. The SMILES string of the molecule is CCOC(=O)C(O)c1ccc2nc(CC)sc2c1. The van der Waals surface area contributed by atoms with Crippen molar-refractivity contribution in [2.75, 3.05) is 6.61 Å². The fourth-order valence-corrected chi connectivity index (χ4v) is 2.62. The number of hydrogen-bond donors (Lipinski definition) is 1. The van der Waals surface area contributed by atoms with Gasteiger partial charge in [0.15, 0.2) is 6.10 Å². The summed E-state index contributed by atoms with van der Waals surface area (Å²) in [4.78, 5) is 15.9. The van der Waals surface area contributed by atoms with Gasteiger partial charge in [0.1, 0.15) is 0 Å². The lowest BCUT2D eigenvalue weighted by Gasteiger charge is -2.09. The molecule has 0 spiro atoms. The maximum atomic E-state index is 11.5. The molecule has 0 aliphatic rings. The lowest BCUT2D eigenvalue weighted by molar-refractivity contribution is -0.153. The van der Waals surface area contributed by atoms with Gasteiger partial charge in [-0.3, -0.25) is 0 Å². The Balaban J connectivity index is 2.31. The number of nitrogens with zero attached hydrogens (tertiary/aromatic N) is 1. The summed E-state index contributed by atoms with van der Waals surface area (Å²) < 4.78 is 5.77. The van der Waals surface area contributed by atoms with Crippen LogP contribution in [0.3, 0.4) is 0 Å². The lowest BCUT2D eigenvalue weighted by Crippen LogP contribution is -2.15. The predicted octanol–water partition coefficient (Wildman–Crippen LogP) is 2.46. The van der Waals surface area contributed by atoms with Crippen LogP contribution in [0.15, 0.2) is 18.2 Å². The molecule has 0 fully saturated rings. The van der Waals surface area contributed by atoms with Gasteiger partial charge in [0.25, 0.3) is 0 Å². The van der Waals surface area contributed by atoms with E-state index < -0.39 is 12.1 Å². The van der Waals surface area contributed by atoms with Crippen molar-refractivity contribution in [2.45, 2.75) is 26.4 Å². The maximum absolute atomic E-state index is 11.5. The van der Waals surface area contributed by atoms with E-state index in [2.05, 4.69) is 4.98 Å². The summed E-state index contributed by atoms with van der Waals surface area (Å²) in [5.41, 5.74) is 1.45. The molecular formula is C13H15NO3S. The van der Waals surface area contributed by atoms with Gasteiger partial charge in [-0.1, -0.05) is 13.0 Å². The molecule has 0 aliphatic heterocycles. The number of ether oxygens (including phenoxy) is 1. The molecule has 0 aliphatic carbocycles. The molecule has 0 amide bonds. The third-order valence-electron chi connectivity index (χ3n) is 2.58. The number of aliphatic hydroxyl groups is 1. The molecule has 2 rings (SSSR count). The number of benzene rings is 1. The Kier molecular flexibility index (Phi) is 3.93. The number of carbonyl (C=O) groups is 1. The van der Waals surface area contributed by atoms with E-state index in [9.17, 15) is 9.90 Å². The maximum Gasteiger partial charge on any atom is 0.339 e. The summed E-state index contributed by atoms with van der Waals surface area (Å²) in [6, 6.07) is 5.33. The quantitative estimate of drug-likeness (QED) is 0.863. The standard InChI is InChI=1S/C13H15NO3S/c1-3-11-14-9-6-5-8(7-10(9)18-11)12(15)13(16)17-4-2/h5-7,12,15H,3-4H2,1-2H3. The van der Waals surface area contributed by atoms with Gasteiger partial charge >= 0.3 is 5.97 Å². The summed E-state index contributed by atoms with van der Waals surface area (Å²) in [5, 5.41) is 10.9. The molecule has 1 atom stereocenters. The number of aromatic nitrogens is 1. The fourth-order valence-electron chi connectivity index (χ4n) is 1.67. The zero-order chi connectivity index (χ0) is 13.1. The van der Waals surface area contributed by atoms with Gasteiger partial charge < -0.3 is 9.84 Å². The van der Waals surface area contributed by atoms with Crippen LogP contribution in [0.5, 0.6) is 0 Å². The first-order valence-corrected chi connectivity index (χ1v) is 6.71. The van der Waals surface area contributed by atoms with Crippen LogP contribution >= 0.6 is 11.3 Å². The van der Waals surface area contributed by atoms with Crippen LogP contribution < -0.4 is 0 Å². The lowest BCUT2D eigenvalue weighted by atomic mass is 10.1. The van der Waals surface area contributed by atoms with Crippen molar-refractivity contribution < 1.29 is 14.6 Å². The van der Waals surface area contributed by atoms with Crippen LogP contribution in [0, 0.1) is 0 Å². The van der Waals surface area contributed by atoms with Crippen LogP contribution in [0.2, 0.25) is 0 Å². The average molecular weight is 265 g/mol. The minimum absolute atomic E-state index is 0.263. The van der Waals surface area contributed by atoms with Crippen molar-refractivity contribution in [2.24, 2.45) is 0 Å². The molecule has 0 radical (unpaired) electrons. The number of thiazole rings is 1. The molecule has 18 heavy (non-hydrogen) atoms. The highest BCUT2D eigenvalue weighted by molar-refractivity contribution is 7.18. The number of aryl methyl sites for hydroxylation is 1. The normalized spacial score (nSPS) is 12.6. The molecule has 1 aromatic heterocycles. The Bertz CT molecular complexity index is 564. The topological polar surface area (TPSA) is 59.4 Å². The number of hydrogen-bond acceptors (Lipinski definition) is 5. The number of carbonyl (C=O) groups excluding carboxylic acids is 1. The van der Waals surface area contributed by atoms with Crippen molar-refractivity contribution >= 4 is 27.5 Å². The molecular weight excluding hydrogens is 250 g/mol. The highest BCUT2D eigenvalue weighted by Crippen LogP contribution is 2.26. The van der Waals surface area contributed by atoms with Gasteiger partial charge in [-0.05, 0) is 31.0 Å². The molecule has 0 saturated heterocycles. The van der Waals surface area contributed by atoms with Crippen molar-refractivity contribution in [1.82, 2.24) is 4.98 Å². The van der Waals surface area contributed by atoms with E-state index in [4.69, 9.17) is 4.74 Å². The first-order valence-electron chi connectivity index (χ1n) is 5.89. The molecule has 1 N–H and O–H groups in total. The summed E-state index contributed by atoms with van der Waals surface area (Å²) in [7, 11) is 0. The second kappa shape index (κ2) is 5.46. The third kappa shape index (κ3) is 2.52. The van der Waals surface area contributed by atoms with E-state index >= 15 is 0 Å². The predicted molar refractivity (Wildman–Crippen MR) is 70.6 cm³/mol. The second-order valence-electron chi connectivity index (χ2n) is 3.84. The largest absolute Gasteiger partial charge is 0.464 e. The molecule has 96 valence electrons. The van der Waals surface area contributed by atoms with Crippen molar-refractivity contribution in [3.8, 4) is 0 Å². The molecule has 0 bridgehead atoms. The van der Waals surface area contributed by atoms with Crippen molar-refractivity contribution in [3.05, 3.63) is 28.8 Å². The average Bonchev–Trinajstić information content (AvgIpc) is 2.79. The minimum atomic E-state index is -1.22. The number of fused-ring (bicyclic) bond motifs is 1. The van der Waals surface area contributed by atoms with E-state index in [-0.39, 0.29) is 6.61 Å². The highest BCUT2D eigenvalue weighted by atomic mass is 32.1. The van der Waals surface area contributed by atoms with Crippen LogP contribution in [0.25, 0.3) is 10.2 Å². The summed E-state index contributed by atoms with van der Waals surface area (Å²) in [6.07, 6.45) is -0.337. The Morgan fingerprint density at radius 2 is 2.28 bits per heavy atom. The Morgan fingerprint density at radius 1 is 1.50 bits per heavy atom. The molecule has 5 heteroatoms. The Morgan fingerprint density at radius 3 is 2.94 bits per heavy atom. The molecule has 1 unspecified atom stereocenters. The van der Waals surface area contributed by atoms with E-state index in [1.807, 2.05) is 13.0 Å². The molecule has 0 saturated carbocycles. The molecule has 2 aromatic rings. The van der Waals surface area contributed by atoms with E-state index in [1.54, 1.807) is 30.4 Å². The van der Waals surface area contributed by atoms with Gasteiger partial charge in [-0.25, -0.2) is 9.78 Å². The first kappa shape index (κ1) is 13.0. The van der Waals surface area contributed by atoms with Gasteiger partial charge in [-0.15, -0.1) is 11.3 Å².